The molecule has 1 amide bonds. The van der Waals surface area contributed by atoms with Crippen molar-refractivity contribution in [2.75, 3.05) is 19.6 Å². The maximum absolute atomic E-state index is 12.6. The van der Waals surface area contributed by atoms with Gasteiger partial charge in [0.2, 0.25) is 5.91 Å². The molecule has 2 bridgehead atoms. The number of allylic oxidation sites excluding steroid dienone is 1. The second kappa shape index (κ2) is 6.75. The lowest BCUT2D eigenvalue weighted by Gasteiger charge is -2.58. The van der Waals surface area contributed by atoms with E-state index in [4.69, 9.17) is 4.74 Å². The molecule has 0 N–H and O–H groups in total. The van der Waals surface area contributed by atoms with Crippen molar-refractivity contribution in [3.63, 3.8) is 0 Å². The molecule has 5 heteroatoms. The maximum Gasteiger partial charge on any atom is 0.333 e. The van der Waals surface area contributed by atoms with Gasteiger partial charge in [0, 0.05) is 31.1 Å². The molecule has 0 aliphatic carbocycles. The zero-order valence-electron chi connectivity index (χ0n) is 15.4. The summed E-state index contributed by atoms with van der Waals surface area (Å²) in [6, 6.07) is 0.737. The molecule has 0 spiro atoms. The van der Waals surface area contributed by atoms with Gasteiger partial charge in [-0.2, -0.15) is 0 Å². The molecule has 5 nitrogen and oxygen atoms in total. The Bertz CT molecular complexity index is 587. The van der Waals surface area contributed by atoms with Gasteiger partial charge in [-0.15, -0.1) is 0 Å². The highest BCUT2D eigenvalue weighted by molar-refractivity contribution is 5.88. The van der Waals surface area contributed by atoms with Crippen LogP contribution < -0.4 is 0 Å². The van der Waals surface area contributed by atoms with E-state index in [2.05, 4.69) is 9.80 Å². The second-order valence-corrected chi connectivity index (χ2v) is 8.30. The zero-order valence-corrected chi connectivity index (χ0v) is 15.4. The van der Waals surface area contributed by atoms with Crippen LogP contribution in [0, 0.1) is 11.8 Å². The van der Waals surface area contributed by atoms with Crippen LogP contribution in [0.1, 0.15) is 52.4 Å². The average molecular weight is 346 g/mol. The number of hydrogen-bond donors (Lipinski definition) is 0. The van der Waals surface area contributed by atoms with E-state index < -0.39 is 0 Å². The minimum Gasteiger partial charge on any atom is -0.457 e. The predicted octanol–water partition coefficient (Wildman–Crippen LogP) is 2.36. The van der Waals surface area contributed by atoms with E-state index in [1.807, 2.05) is 6.92 Å². The monoisotopic (exact) mass is 346 g/mol. The first kappa shape index (κ1) is 17.1. The molecule has 0 aromatic heterocycles. The molecule has 0 saturated carbocycles. The molecule has 4 aliphatic heterocycles. The SMILES string of the molecule is C/C=C(\C)C(=O)O[C@H]1CCC(=O)N2CC3CC(CN4CCCCC34)C12. The normalized spacial score (nSPS) is 38.8. The number of esters is 1. The number of piperidine rings is 4. The minimum atomic E-state index is -0.226. The number of amides is 1. The molecule has 4 rings (SSSR count). The first-order valence-electron chi connectivity index (χ1n) is 9.96. The van der Waals surface area contributed by atoms with Crippen molar-refractivity contribution in [3.05, 3.63) is 11.6 Å². The molecule has 4 aliphatic rings. The Morgan fingerprint density at radius 1 is 1.20 bits per heavy atom. The van der Waals surface area contributed by atoms with Crippen LogP contribution in [0.25, 0.3) is 0 Å². The summed E-state index contributed by atoms with van der Waals surface area (Å²) in [6.07, 6.45) is 7.92. The van der Waals surface area contributed by atoms with Crippen LogP contribution in [-0.2, 0) is 14.3 Å². The van der Waals surface area contributed by atoms with Gasteiger partial charge in [-0.25, -0.2) is 4.79 Å². The molecule has 5 atom stereocenters. The van der Waals surface area contributed by atoms with Crippen LogP contribution in [0.5, 0.6) is 0 Å². The molecule has 0 aromatic rings. The topological polar surface area (TPSA) is 49.9 Å². The molecular formula is C20H30N2O3. The summed E-state index contributed by atoms with van der Waals surface area (Å²) < 4.78 is 5.87. The molecular weight excluding hydrogens is 316 g/mol. The highest BCUT2D eigenvalue weighted by atomic mass is 16.5. The largest absolute Gasteiger partial charge is 0.457 e. The van der Waals surface area contributed by atoms with Crippen molar-refractivity contribution in [1.29, 1.82) is 0 Å². The molecule has 0 aromatic carbocycles. The Labute approximate surface area is 150 Å². The van der Waals surface area contributed by atoms with Crippen molar-refractivity contribution in [2.45, 2.75) is 70.6 Å². The first-order chi connectivity index (χ1) is 12.1. The standard InChI is InChI=1S/C20H30N2O3/c1-3-13(2)20(24)25-17-7-8-18(23)22-12-14-10-15(19(17)22)11-21-9-5-4-6-16(14)21/h3,14-17,19H,4-12H2,1-2H3/b13-3+/t14?,15?,16?,17-,19?/m0/s1. The van der Waals surface area contributed by atoms with Crippen LogP contribution in [0.3, 0.4) is 0 Å². The van der Waals surface area contributed by atoms with E-state index in [0.29, 0.717) is 36.3 Å². The fourth-order valence-corrected chi connectivity index (χ4v) is 5.60. The van der Waals surface area contributed by atoms with Crippen LogP contribution in [0.15, 0.2) is 11.6 Å². The fourth-order valence-electron chi connectivity index (χ4n) is 5.60. The Hall–Kier alpha value is -1.36. The summed E-state index contributed by atoms with van der Waals surface area (Å²) in [5, 5.41) is 0. The highest BCUT2D eigenvalue weighted by Crippen LogP contribution is 2.43. The molecule has 138 valence electrons. The van der Waals surface area contributed by atoms with Crippen LogP contribution in [-0.4, -0.2) is 59.5 Å². The lowest BCUT2D eigenvalue weighted by molar-refractivity contribution is -0.173. The number of ether oxygens (including phenoxy) is 1. The van der Waals surface area contributed by atoms with Crippen molar-refractivity contribution in [3.8, 4) is 0 Å². The molecule has 4 fully saturated rings. The molecule has 4 unspecified atom stereocenters. The number of carbonyl (C=O) groups excluding carboxylic acids is 2. The molecule has 4 heterocycles. The molecule has 0 radical (unpaired) electrons. The van der Waals surface area contributed by atoms with Gasteiger partial charge in [0.15, 0.2) is 0 Å². The van der Waals surface area contributed by atoms with E-state index in [0.717, 1.165) is 13.1 Å². The quantitative estimate of drug-likeness (QED) is 0.569. The first-order valence-corrected chi connectivity index (χ1v) is 9.96. The van der Waals surface area contributed by atoms with Crippen LogP contribution in [0.2, 0.25) is 0 Å². The number of hydrogen-bond acceptors (Lipinski definition) is 4. The van der Waals surface area contributed by atoms with Gasteiger partial charge in [0.1, 0.15) is 6.10 Å². The number of rotatable bonds is 2. The lowest BCUT2D eigenvalue weighted by atomic mass is 9.70. The van der Waals surface area contributed by atoms with Crippen molar-refractivity contribution in [1.82, 2.24) is 9.80 Å². The number of fused-ring (bicyclic) bond motifs is 6. The lowest BCUT2D eigenvalue weighted by Crippen LogP contribution is -2.67. The van der Waals surface area contributed by atoms with Gasteiger partial charge in [-0.3, -0.25) is 9.69 Å². The van der Waals surface area contributed by atoms with Gasteiger partial charge >= 0.3 is 5.97 Å². The summed E-state index contributed by atoms with van der Waals surface area (Å²) in [5.74, 6) is 1.08. The van der Waals surface area contributed by atoms with Gasteiger partial charge < -0.3 is 9.64 Å². The second-order valence-electron chi connectivity index (χ2n) is 8.30. The summed E-state index contributed by atoms with van der Waals surface area (Å²) in [6.45, 7) is 6.77. The average Bonchev–Trinajstić information content (AvgIpc) is 2.63. The summed E-state index contributed by atoms with van der Waals surface area (Å²) in [4.78, 5) is 29.6. The highest BCUT2D eigenvalue weighted by Gasteiger charge is 2.52. The van der Waals surface area contributed by atoms with Gasteiger partial charge in [-0.1, -0.05) is 12.5 Å². The maximum atomic E-state index is 12.6. The van der Waals surface area contributed by atoms with E-state index in [1.54, 1.807) is 13.0 Å². The summed E-state index contributed by atoms with van der Waals surface area (Å²) in [5.41, 5.74) is 0.650. The van der Waals surface area contributed by atoms with E-state index in [9.17, 15) is 9.59 Å². The van der Waals surface area contributed by atoms with Crippen LogP contribution in [0.4, 0.5) is 0 Å². The Balaban J connectivity index is 1.55. The summed E-state index contributed by atoms with van der Waals surface area (Å²) in [7, 11) is 0. The third kappa shape index (κ3) is 3.01. The van der Waals surface area contributed by atoms with Gasteiger partial charge in [0.25, 0.3) is 0 Å². The molecule has 25 heavy (non-hydrogen) atoms. The number of nitrogens with zero attached hydrogens (tertiary/aromatic N) is 2. The number of carbonyl (C=O) groups is 2. The Morgan fingerprint density at radius 2 is 2.04 bits per heavy atom. The van der Waals surface area contributed by atoms with Crippen molar-refractivity contribution < 1.29 is 14.3 Å². The third-order valence-corrected chi connectivity index (χ3v) is 6.91. The van der Waals surface area contributed by atoms with Crippen LogP contribution >= 0.6 is 0 Å². The zero-order chi connectivity index (χ0) is 17.6. The van der Waals surface area contributed by atoms with Crippen molar-refractivity contribution in [2.24, 2.45) is 11.8 Å². The van der Waals surface area contributed by atoms with Crippen molar-refractivity contribution >= 4 is 11.9 Å². The Kier molecular flexibility index (Phi) is 4.61. The van der Waals surface area contributed by atoms with Gasteiger partial charge in [0.05, 0.1) is 6.04 Å². The minimum absolute atomic E-state index is 0.0778. The molecule has 4 saturated heterocycles. The van der Waals surface area contributed by atoms with Gasteiger partial charge in [-0.05, 0) is 57.9 Å². The van der Waals surface area contributed by atoms with E-state index in [-0.39, 0.29) is 24.0 Å². The predicted molar refractivity (Wildman–Crippen MR) is 94.9 cm³/mol. The van der Waals surface area contributed by atoms with E-state index >= 15 is 0 Å². The third-order valence-electron chi connectivity index (χ3n) is 6.91. The fraction of sp³-hybridized carbons (Fsp3) is 0.800. The summed E-state index contributed by atoms with van der Waals surface area (Å²) >= 11 is 0. The Morgan fingerprint density at radius 3 is 2.84 bits per heavy atom. The van der Waals surface area contributed by atoms with E-state index in [1.165, 1.54) is 32.2 Å². The smallest absolute Gasteiger partial charge is 0.333 e.